The quantitative estimate of drug-likeness (QED) is 0.801. The molecule has 0 saturated carbocycles. The van der Waals surface area contributed by atoms with Crippen LogP contribution in [0.25, 0.3) is 0 Å². The molecule has 114 valence electrons. The number of carbonyl (C=O) groups is 2. The molecule has 1 aromatic rings. The minimum absolute atomic E-state index is 0.0897. The number of nitrogens with one attached hydrogen (secondary N) is 2. The summed E-state index contributed by atoms with van der Waals surface area (Å²) < 4.78 is 5.14. The molecule has 1 aromatic carbocycles. The van der Waals surface area contributed by atoms with Crippen molar-refractivity contribution in [3.63, 3.8) is 0 Å². The molecule has 1 saturated heterocycles. The summed E-state index contributed by atoms with van der Waals surface area (Å²) in [6.07, 6.45) is 0.852. The smallest absolute Gasteiger partial charge is 0.323 e. The van der Waals surface area contributed by atoms with Crippen molar-refractivity contribution in [1.82, 2.24) is 10.6 Å². The van der Waals surface area contributed by atoms with Crippen molar-refractivity contribution in [1.29, 1.82) is 0 Å². The summed E-state index contributed by atoms with van der Waals surface area (Å²) in [5.74, 6) is -0.265. The molecule has 0 bridgehead atoms. The van der Waals surface area contributed by atoms with E-state index in [0.717, 1.165) is 12.0 Å². The number of ether oxygens (including phenoxy) is 1. The lowest BCUT2D eigenvalue weighted by Crippen LogP contribution is -2.59. The summed E-state index contributed by atoms with van der Waals surface area (Å²) in [5, 5.41) is 5.97. The number of cyclic esters (lactones) is 1. The summed E-state index contributed by atoms with van der Waals surface area (Å²) in [6.45, 7) is 4.55. The van der Waals surface area contributed by atoms with Crippen molar-refractivity contribution in [2.45, 2.75) is 38.9 Å². The maximum absolute atomic E-state index is 12.2. The van der Waals surface area contributed by atoms with Gasteiger partial charge in [0.25, 0.3) is 0 Å². The van der Waals surface area contributed by atoms with E-state index in [1.165, 1.54) is 0 Å². The largest absolute Gasteiger partial charge is 0.462 e. The molecule has 5 nitrogen and oxygen atoms in total. The molecule has 0 spiro atoms. The third-order valence-electron chi connectivity index (χ3n) is 3.87. The SMILES string of the molecule is CCC(C)[C@@H]1N[C@H](C(=O)NCc2ccccc2)COC1=O. The zero-order chi connectivity index (χ0) is 15.2. The zero-order valence-corrected chi connectivity index (χ0v) is 12.5. The van der Waals surface area contributed by atoms with Crippen LogP contribution < -0.4 is 10.6 Å². The lowest BCUT2D eigenvalue weighted by molar-refractivity contribution is -0.155. The van der Waals surface area contributed by atoms with Gasteiger partial charge in [-0.3, -0.25) is 14.9 Å². The van der Waals surface area contributed by atoms with E-state index in [0.29, 0.717) is 6.54 Å². The number of carbonyl (C=O) groups excluding carboxylic acids is 2. The van der Waals surface area contributed by atoms with E-state index in [4.69, 9.17) is 4.74 Å². The average molecular weight is 290 g/mol. The minimum Gasteiger partial charge on any atom is -0.462 e. The van der Waals surface area contributed by atoms with E-state index in [9.17, 15) is 9.59 Å². The lowest BCUT2D eigenvalue weighted by Gasteiger charge is -2.32. The van der Waals surface area contributed by atoms with E-state index >= 15 is 0 Å². The highest BCUT2D eigenvalue weighted by molar-refractivity contribution is 5.85. The molecule has 1 fully saturated rings. The molecule has 2 N–H and O–H groups in total. The average Bonchev–Trinajstić information content (AvgIpc) is 2.53. The van der Waals surface area contributed by atoms with Gasteiger partial charge in [0.05, 0.1) is 0 Å². The Morgan fingerprint density at radius 2 is 2.14 bits per heavy atom. The van der Waals surface area contributed by atoms with Crippen LogP contribution in [0.4, 0.5) is 0 Å². The van der Waals surface area contributed by atoms with Gasteiger partial charge in [-0.15, -0.1) is 0 Å². The monoisotopic (exact) mass is 290 g/mol. The van der Waals surface area contributed by atoms with Gasteiger partial charge in [0.15, 0.2) is 0 Å². The van der Waals surface area contributed by atoms with Gasteiger partial charge in [-0.1, -0.05) is 50.6 Å². The van der Waals surface area contributed by atoms with Gasteiger partial charge >= 0.3 is 5.97 Å². The highest BCUT2D eigenvalue weighted by Crippen LogP contribution is 2.14. The van der Waals surface area contributed by atoms with Gasteiger partial charge < -0.3 is 10.1 Å². The molecule has 1 amide bonds. The Balaban J connectivity index is 1.89. The van der Waals surface area contributed by atoms with Crippen molar-refractivity contribution in [3.8, 4) is 0 Å². The fourth-order valence-corrected chi connectivity index (χ4v) is 2.28. The van der Waals surface area contributed by atoms with Gasteiger partial charge in [-0.05, 0) is 11.5 Å². The molecule has 1 unspecified atom stereocenters. The molecule has 0 aromatic heterocycles. The van der Waals surface area contributed by atoms with Crippen molar-refractivity contribution < 1.29 is 14.3 Å². The molecule has 2 rings (SSSR count). The normalized spacial score (nSPS) is 23.2. The van der Waals surface area contributed by atoms with Crippen molar-refractivity contribution in [2.24, 2.45) is 5.92 Å². The molecule has 21 heavy (non-hydrogen) atoms. The van der Waals surface area contributed by atoms with E-state index in [-0.39, 0.29) is 24.4 Å². The number of hydrogen-bond donors (Lipinski definition) is 2. The first-order valence-electron chi connectivity index (χ1n) is 7.36. The van der Waals surface area contributed by atoms with Crippen LogP contribution in [0, 0.1) is 5.92 Å². The maximum Gasteiger partial charge on any atom is 0.323 e. The summed E-state index contributed by atoms with van der Waals surface area (Å²) in [7, 11) is 0. The second kappa shape index (κ2) is 7.22. The van der Waals surface area contributed by atoms with Crippen LogP contribution in [0.15, 0.2) is 30.3 Å². The van der Waals surface area contributed by atoms with Gasteiger partial charge in [0.1, 0.15) is 18.7 Å². The Morgan fingerprint density at radius 3 is 2.81 bits per heavy atom. The van der Waals surface area contributed by atoms with Gasteiger partial charge in [0.2, 0.25) is 5.91 Å². The molecule has 3 atom stereocenters. The summed E-state index contributed by atoms with van der Waals surface area (Å²) in [5.41, 5.74) is 1.04. The van der Waals surface area contributed by atoms with Crippen molar-refractivity contribution >= 4 is 11.9 Å². The molecule has 1 aliphatic heterocycles. The van der Waals surface area contributed by atoms with Crippen LogP contribution in [-0.2, 0) is 20.9 Å². The van der Waals surface area contributed by atoms with Crippen LogP contribution >= 0.6 is 0 Å². The number of esters is 1. The van der Waals surface area contributed by atoms with Crippen LogP contribution in [0.3, 0.4) is 0 Å². The van der Waals surface area contributed by atoms with Crippen LogP contribution in [0.5, 0.6) is 0 Å². The van der Waals surface area contributed by atoms with Crippen LogP contribution in [0.2, 0.25) is 0 Å². The van der Waals surface area contributed by atoms with Crippen molar-refractivity contribution in [3.05, 3.63) is 35.9 Å². The summed E-state index contributed by atoms with van der Waals surface area (Å²) >= 11 is 0. The Bertz CT molecular complexity index is 490. The Labute approximate surface area is 125 Å². The van der Waals surface area contributed by atoms with E-state index < -0.39 is 12.1 Å². The number of morpholine rings is 1. The first-order chi connectivity index (χ1) is 10.1. The fourth-order valence-electron chi connectivity index (χ4n) is 2.28. The number of hydrogen-bond acceptors (Lipinski definition) is 4. The highest BCUT2D eigenvalue weighted by Gasteiger charge is 2.35. The summed E-state index contributed by atoms with van der Waals surface area (Å²) in [4.78, 5) is 23.9. The van der Waals surface area contributed by atoms with Crippen LogP contribution in [0.1, 0.15) is 25.8 Å². The predicted octanol–water partition coefficient (Wildman–Crippen LogP) is 1.23. The second-order valence-electron chi connectivity index (χ2n) is 5.42. The third kappa shape index (κ3) is 4.04. The summed E-state index contributed by atoms with van der Waals surface area (Å²) in [6, 6.07) is 8.82. The Kier molecular flexibility index (Phi) is 5.33. The fraction of sp³-hybridized carbons (Fsp3) is 0.500. The Hall–Kier alpha value is -1.88. The first kappa shape index (κ1) is 15.5. The third-order valence-corrected chi connectivity index (χ3v) is 3.87. The van der Waals surface area contributed by atoms with Gasteiger partial charge in [-0.2, -0.15) is 0 Å². The molecular weight excluding hydrogens is 268 g/mol. The van der Waals surface area contributed by atoms with Gasteiger partial charge in [-0.25, -0.2) is 0 Å². The van der Waals surface area contributed by atoms with Crippen LogP contribution in [-0.4, -0.2) is 30.6 Å². The van der Waals surface area contributed by atoms with E-state index in [1.807, 2.05) is 44.2 Å². The van der Waals surface area contributed by atoms with E-state index in [2.05, 4.69) is 10.6 Å². The number of benzene rings is 1. The predicted molar refractivity (Wildman–Crippen MR) is 79.4 cm³/mol. The first-order valence-corrected chi connectivity index (χ1v) is 7.36. The lowest BCUT2D eigenvalue weighted by atomic mass is 9.97. The molecule has 5 heteroatoms. The number of rotatable bonds is 5. The van der Waals surface area contributed by atoms with Gasteiger partial charge in [0, 0.05) is 6.54 Å². The topological polar surface area (TPSA) is 67.4 Å². The maximum atomic E-state index is 12.2. The molecule has 0 aliphatic carbocycles. The minimum atomic E-state index is -0.481. The molecule has 0 radical (unpaired) electrons. The zero-order valence-electron chi connectivity index (χ0n) is 12.5. The highest BCUT2D eigenvalue weighted by atomic mass is 16.5. The molecular formula is C16H22N2O3. The Morgan fingerprint density at radius 1 is 1.43 bits per heavy atom. The number of amides is 1. The second-order valence-corrected chi connectivity index (χ2v) is 5.42. The standard InChI is InChI=1S/C16H22N2O3/c1-3-11(2)14-16(20)21-10-13(18-14)15(19)17-9-12-7-5-4-6-8-12/h4-8,11,13-14,18H,3,9-10H2,1-2H3,(H,17,19)/t11?,13-,14-/m0/s1. The van der Waals surface area contributed by atoms with Crippen molar-refractivity contribution in [2.75, 3.05) is 6.61 Å². The molecule has 1 heterocycles. The van der Waals surface area contributed by atoms with E-state index in [1.54, 1.807) is 0 Å². The molecule has 1 aliphatic rings.